The summed E-state index contributed by atoms with van der Waals surface area (Å²) < 4.78 is 1.61. The molecular weight excluding hydrogens is 292 g/mol. The Kier molecular flexibility index (Phi) is 7.19. The van der Waals surface area contributed by atoms with E-state index in [-0.39, 0.29) is 11.3 Å². The smallest absolute Gasteiger partial charge is 0.320 e. The second-order valence-corrected chi connectivity index (χ2v) is 5.10. The molecule has 0 aliphatic rings. The fraction of sp³-hybridized carbons (Fsp3) is 0.571. The molecule has 3 atom stereocenters. The lowest BCUT2D eigenvalue weighted by molar-refractivity contribution is -0.138. The lowest BCUT2D eigenvalue weighted by Gasteiger charge is -2.16. The van der Waals surface area contributed by atoms with Crippen LogP contribution in [-0.2, 0) is 11.3 Å². The Bertz CT molecular complexity index is 502. The van der Waals surface area contributed by atoms with Gasteiger partial charge in [-0.3, -0.25) is 9.59 Å². The van der Waals surface area contributed by atoms with E-state index in [9.17, 15) is 19.8 Å². The number of hydrogen-bond donors (Lipinski definition) is 5. The molecule has 124 valence electrons. The van der Waals surface area contributed by atoms with Gasteiger partial charge in [-0.25, -0.2) is 0 Å². The first kappa shape index (κ1) is 18.3. The van der Waals surface area contributed by atoms with Gasteiger partial charge in [-0.05, 0) is 25.3 Å². The van der Waals surface area contributed by atoms with Crippen LogP contribution < -0.4 is 5.73 Å². The van der Waals surface area contributed by atoms with Crippen molar-refractivity contribution < 1.29 is 30.0 Å². The Morgan fingerprint density at radius 3 is 2.59 bits per heavy atom. The van der Waals surface area contributed by atoms with Crippen molar-refractivity contribution in [1.82, 2.24) is 4.57 Å². The second-order valence-electron chi connectivity index (χ2n) is 5.10. The first-order chi connectivity index (χ1) is 10.4. The molecule has 0 amide bonds. The van der Waals surface area contributed by atoms with Crippen LogP contribution in [0, 0.1) is 0 Å². The summed E-state index contributed by atoms with van der Waals surface area (Å²) in [4.78, 5) is 21.8. The van der Waals surface area contributed by atoms with E-state index in [0.29, 0.717) is 32.1 Å². The highest BCUT2D eigenvalue weighted by Crippen LogP contribution is 2.22. The molecule has 0 aromatic carbocycles. The molecule has 0 bridgehead atoms. The van der Waals surface area contributed by atoms with E-state index in [1.54, 1.807) is 10.8 Å². The van der Waals surface area contributed by atoms with Crippen LogP contribution in [0.25, 0.3) is 0 Å². The molecule has 22 heavy (non-hydrogen) atoms. The van der Waals surface area contributed by atoms with Gasteiger partial charge in [0.1, 0.15) is 18.2 Å². The van der Waals surface area contributed by atoms with Crippen molar-refractivity contribution >= 4 is 12.3 Å². The molecular formula is C14H22N2O6. The number of carbonyl (C=O) groups excluding carboxylic acids is 1. The zero-order valence-corrected chi connectivity index (χ0v) is 12.1. The minimum atomic E-state index is -1.36. The summed E-state index contributed by atoms with van der Waals surface area (Å²) in [5.41, 5.74) is 5.87. The van der Waals surface area contributed by atoms with Gasteiger partial charge in [0.25, 0.3) is 0 Å². The molecule has 0 spiro atoms. The number of aliphatic carboxylic acids is 1. The summed E-state index contributed by atoms with van der Waals surface area (Å²) >= 11 is 0. The van der Waals surface area contributed by atoms with Crippen LogP contribution in [0.2, 0.25) is 0 Å². The predicted molar refractivity (Wildman–Crippen MR) is 77.3 cm³/mol. The summed E-state index contributed by atoms with van der Waals surface area (Å²) in [6.07, 6.45) is 1.02. The minimum Gasteiger partial charge on any atom is -0.480 e. The summed E-state index contributed by atoms with van der Waals surface area (Å²) in [5.74, 6) is -1.04. The maximum atomic E-state index is 11.2. The third-order valence-corrected chi connectivity index (χ3v) is 3.50. The van der Waals surface area contributed by atoms with Crippen molar-refractivity contribution in [2.24, 2.45) is 5.73 Å². The molecule has 8 heteroatoms. The maximum Gasteiger partial charge on any atom is 0.320 e. The van der Waals surface area contributed by atoms with Crippen molar-refractivity contribution in [3.63, 3.8) is 0 Å². The Balaban J connectivity index is 2.63. The number of hydrogen-bond acceptors (Lipinski definition) is 6. The molecule has 1 aromatic rings. The molecule has 0 aliphatic heterocycles. The Labute approximate surface area is 127 Å². The molecule has 3 unspecified atom stereocenters. The maximum absolute atomic E-state index is 11.2. The topological polar surface area (TPSA) is 146 Å². The normalized spacial score (nSPS) is 15.3. The van der Waals surface area contributed by atoms with E-state index in [1.165, 1.54) is 6.07 Å². The van der Waals surface area contributed by atoms with Gasteiger partial charge < -0.3 is 30.7 Å². The van der Waals surface area contributed by atoms with E-state index < -0.39 is 30.8 Å². The molecule has 1 aromatic heterocycles. The number of carbonyl (C=O) groups is 2. The number of aliphatic hydroxyl groups excluding tert-OH is 3. The predicted octanol–water partition coefficient (Wildman–Crippen LogP) is -0.731. The van der Waals surface area contributed by atoms with Crippen molar-refractivity contribution in [1.29, 1.82) is 0 Å². The summed E-state index contributed by atoms with van der Waals surface area (Å²) in [7, 11) is 0. The molecule has 0 radical (unpaired) electrons. The first-order valence-electron chi connectivity index (χ1n) is 7.02. The zero-order chi connectivity index (χ0) is 16.7. The van der Waals surface area contributed by atoms with E-state index in [0.717, 1.165) is 0 Å². The van der Waals surface area contributed by atoms with E-state index >= 15 is 0 Å². The second kappa shape index (κ2) is 8.64. The number of aryl methyl sites for hydroxylation is 1. The number of nitrogens with two attached hydrogens (primary N) is 1. The molecule has 0 aliphatic carbocycles. The Hall–Kier alpha value is -1.74. The van der Waals surface area contributed by atoms with Crippen LogP contribution in [-0.4, -0.2) is 56.0 Å². The molecule has 0 fully saturated rings. The third kappa shape index (κ3) is 4.63. The van der Waals surface area contributed by atoms with E-state index in [4.69, 9.17) is 15.9 Å². The van der Waals surface area contributed by atoms with Crippen LogP contribution in [0.15, 0.2) is 12.3 Å². The number of nitrogens with zero attached hydrogens (tertiary/aromatic N) is 1. The molecule has 8 nitrogen and oxygen atoms in total. The standard InChI is InChI=1S/C14H22N2O6/c15-10(14(21)22)3-1-2-5-16-6-4-9(11(16)7-17)13(20)12(19)8-18/h4,6-7,10,12-13,18-20H,1-3,5,8,15H2,(H,21,22). The van der Waals surface area contributed by atoms with Crippen LogP contribution in [0.4, 0.5) is 0 Å². The van der Waals surface area contributed by atoms with Gasteiger partial charge in [-0.15, -0.1) is 0 Å². The highest BCUT2D eigenvalue weighted by atomic mass is 16.4. The molecule has 0 saturated heterocycles. The number of unbranched alkanes of at least 4 members (excludes halogenated alkanes) is 1. The largest absolute Gasteiger partial charge is 0.480 e. The summed E-state index contributed by atoms with van der Waals surface area (Å²) in [6.45, 7) is -0.153. The monoisotopic (exact) mass is 314 g/mol. The van der Waals surface area contributed by atoms with Gasteiger partial charge in [0.2, 0.25) is 0 Å². The molecule has 0 saturated carbocycles. The highest BCUT2D eigenvalue weighted by Gasteiger charge is 2.22. The van der Waals surface area contributed by atoms with E-state index in [2.05, 4.69) is 0 Å². The van der Waals surface area contributed by atoms with Crippen LogP contribution in [0.1, 0.15) is 41.4 Å². The van der Waals surface area contributed by atoms with Crippen molar-refractivity contribution in [2.75, 3.05) is 6.61 Å². The third-order valence-electron chi connectivity index (χ3n) is 3.50. The van der Waals surface area contributed by atoms with Crippen LogP contribution >= 0.6 is 0 Å². The molecule has 6 N–H and O–H groups in total. The van der Waals surface area contributed by atoms with Gasteiger partial charge in [-0.1, -0.05) is 0 Å². The number of rotatable bonds is 10. The fourth-order valence-corrected chi connectivity index (χ4v) is 2.16. The number of aliphatic hydroxyl groups is 3. The van der Waals surface area contributed by atoms with Crippen LogP contribution in [0.5, 0.6) is 0 Å². The van der Waals surface area contributed by atoms with Gasteiger partial charge >= 0.3 is 5.97 Å². The molecule has 1 heterocycles. The lowest BCUT2D eigenvalue weighted by Crippen LogP contribution is -2.29. The first-order valence-corrected chi connectivity index (χ1v) is 7.02. The number of carboxylic acid groups (broad SMARTS) is 1. The highest BCUT2D eigenvalue weighted by molar-refractivity contribution is 5.75. The van der Waals surface area contributed by atoms with E-state index in [1.807, 2.05) is 0 Å². The van der Waals surface area contributed by atoms with Crippen molar-refractivity contribution in [3.8, 4) is 0 Å². The minimum absolute atomic E-state index is 0.225. The average molecular weight is 314 g/mol. The van der Waals surface area contributed by atoms with Gasteiger partial charge in [0.15, 0.2) is 6.29 Å². The van der Waals surface area contributed by atoms with Crippen LogP contribution in [0.3, 0.4) is 0 Å². The molecule has 1 rings (SSSR count). The Morgan fingerprint density at radius 2 is 2.05 bits per heavy atom. The Morgan fingerprint density at radius 1 is 1.36 bits per heavy atom. The SMILES string of the molecule is NC(CCCCn1ccc(C(O)C(O)CO)c1C=O)C(=O)O. The average Bonchev–Trinajstić information content (AvgIpc) is 2.92. The number of aldehydes is 1. The lowest BCUT2D eigenvalue weighted by atomic mass is 10.1. The van der Waals surface area contributed by atoms with Gasteiger partial charge in [-0.2, -0.15) is 0 Å². The zero-order valence-electron chi connectivity index (χ0n) is 12.1. The fourth-order valence-electron chi connectivity index (χ4n) is 2.16. The number of carboxylic acids is 1. The summed E-state index contributed by atoms with van der Waals surface area (Å²) in [5, 5.41) is 36.8. The number of aromatic nitrogens is 1. The summed E-state index contributed by atoms with van der Waals surface area (Å²) in [6, 6.07) is 0.614. The van der Waals surface area contributed by atoms with Crippen molar-refractivity contribution in [3.05, 3.63) is 23.5 Å². The van der Waals surface area contributed by atoms with Crippen molar-refractivity contribution in [2.45, 2.75) is 44.1 Å². The quantitative estimate of drug-likeness (QED) is 0.282. The van der Waals surface area contributed by atoms with Gasteiger partial charge in [0, 0.05) is 18.3 Å². The van der Waals surface area contributed by atoms with Gasteiger partial charge in [0.05, 0.1) is 12.3 Å².